The van der Waals surface area contributed by atoms with Crippen LogP contribution in [0.15, 0.2) is 16.6 Å². The maximum Gasteiger partial charge on any atom is 0.313 e. The molecule has 2 rings (SSSR count). The third-order valence-corrected chi connectivity index (χ3v) is 3.84. The van der Waals surface area contributed by atoms with Crippen LogP contribution in [0.2, 0.25) is 9.36 Å². The molecule has 1 aromatic heterocycles. The molecule has 0 bridgehead atoms. The van der Waals surface area contributed by atoms with E-state index in [0.717, 1.165) is 11.5 Å². The number of nitrogens with zero attached hydrogens (tertiary/aromatic N) is 3. The van der Waals surface area contributed by atoms with Crippen LogP contribution in [0.25, 0.3) is 0 Å². The molecule has 0 aliphatic carbocycles. The van der Waals surface area contributed by atoms with E-state index in [1.165, 1.54) is 12.1 Å². The van der Waals surface area contributed by atoms with E-state index in [9.17, 15) is 10.1 Å². The molecule has 2 aromatic rings. The van der Waals surface area contributed by atoms with Crippen molar-refractivity contribution in [1.29, 1.82) is 0 Å². The average Bonchev–Trinajstić information content (AvgIpc) is 2.73. The number of nitro benzene ring substituents is 1. The summed E-state index contributed by atoms with van der Waals surface area (Å²) in [5.74, 6) is 0.0680. The van der Waals surface area contributed by atoms with Crippen LogP contribution in [0, 0.1) is 10.1 Å². The van der Waals surface area contributed by atoms with Gasteiger partial charge in [-0.25, -0.2) is 0 Å². The molecule has 10 heteroatoms. The van der Waals surface area contributed by atoms with Crippen LogP contribution in [0.1, 0.15) is 5.69 Å². The van der Waals surface area contributed by atoms with Gasteiger partial charge < -0.3 is 4.74 Å². The second-order valence-electron chi connectivity index (χ2n) is 3.27. The van der Waals surface area contributed by atoms with Crippen molar-refractivity contribution in [2.24, 2.45) is 0 Å². The van der Waals surface area contributed by atoms with Gasteiger partial charge >= 0.3 is 5.69 Å². The minimum atomic E-state index is -0.577. The highest BCUT2D eigenvalue weighted by Gasteiger charge is 2.21. The second kappa shape index (κ2) is 6.00. The Hall–Kier alpha value is -0.960. The normalized spacial score (nSPS) is 10.5. The fourth-order valence-electron chi connectivity index (χ4n) is 1.25. The molecule has 0 N–H and O–H groups in total. The smallest absolute Gasteiger partial charge is 0.313 e. The number of ether oxygens (including phenoxy) is 1. The summed E-state index contributed by atoms with van der Waals surface area (Å²) >= 11 is 15.8. The Bertz CT molecular complexity index is 637. The van der Waals surface area contributed by atoms with Gasteiger partial charge in [-0.2, -0.15) is 0 Å². The zero-order valence-corrected chi connectivity index (χ0v) is 12.9. The highest BCUT2D eigenvalue weighted by molar-refractivity contribution is 9.10. The molecule has 19 heavy (non-hydrogen) atoms. The predicted molar refractivity (Wildman–Crippen MR) is 75.1 cm³/mol. The van der Waals surface area contributed by atoms with Crippen LogP contribution < -0.4 is 4.74 Å². The van der Waals surface area contributed by atoms with Crippen molar-refractivity contribution in [2.75, 3.05) is 0 Å². The largest absolute Gasteiger partial charge is 0.479 e. The Morgan fingerprint density at radius 3 is 2.79 bits per heavy atom. The predicted octanol–water partition coefficient (Wildman–Crippen LogP) is 4.09. The van der Waals surface area contributed by atoms with Crippen LogP contribution >= 0.6 is 50.7 Å². The summed E-state index contributed by atoms with van der Waals surface area (Å²) in [6.07, 6.45) is 0. The van der Waals surface area contributed by atoms with Crippen molar-refractivity contribution in [3.63, 3.8) is 0 Å². The quantitative estimate of drug-likeness (QED) is 0.585. The van der Waals surface area contributed by atoms with E-state index in [-0.39, 0.29) is 23.1 Å². The first-order valence-electron chi connectivity index (χ1n) is 4.72. The number of hydrogen-bond acceptors (Lipinski definition) is 6. The number of benzene rings is 1. The van der Waals surface area contributed by atoms with Gasteiger partial charge in [0.1, 0.15) is 16.6 Å². The molecular formula is C9H4BrCl2N3O3S. The number of rotatable bonds is 4. The van der Waals surface area contributed by atoms with Crippen LogP contribution in [-0.4, -0.2) is 14.5 Å². The Balaban J connectivity index is 2.29. The van der Waals surface area contributed by atoms with Gasteiger partial charge in [0, 0.05) is 22.6 Å². The lowest BCUT2D eigenvalue weighted by atomic mass is 10.3. The molecule has 6 nitrogen and oxygen atoms in total. The van der Waals surface area contributed by atoms with Crippen LogP contribution in [0.3, 0.4) is 0 Å². The maximum absolute atomic E-state index is 10.9. The lowest BCUT2D eigenvalue weighted by Crippen LogP contribution is -2.01. The first-order chi connectivity index (χ1) is 8.99. The summed E-state index contributed by atoms with van der Waals surface area (Å²) in [5, 5.41) is 14.9. The van der Waals surface area contributed by atoms with Gasteiger partial charge in [0.05, 0.1) is 9.40 Å². The molecule has 0 atom stereocenters. The van der Waals surface area contributed by atoms with E-state index in [1.807, 2.05) is 0 Å². The van der Waals surface area contributed by atoms with Crippen molar-refractivity contribution >= 4 is 56.4 Å². The Morgan fingerprint density at radius 2 is 2.21 bits per heavy atom. The van der Waals surface area contributed by atoms with Gasteiger partial charge in [-0.05, 0) is 22.0 Å². The summed E-state index contributed by atoms with van der Waals surface area (Å²) in [4.78, 5) is 10.4. The summed E-state index contributed by atoms with van der Waals surface area (Å²) in [6.45, 7) is -0.0175. The van der Waals surface area contributed by atoms with Gasteiger partial charge in [0.15, 0.2) is 0 Å². The van der Waals surface area contributed by atoms with Gasteiger partial charge in [0.25, 0.3) is 0 Å². The van der Waals surface area contributed by atoms with E-state index in [2.05, 4.69) is 25.5 Å². The fourth-order valence-corrected chi connectivity index (χ4v) is 2.76. The van der Waals surface area contributed by atoms with E-state index < -0.39 is 4.92 Å². The van der Waals surface area contributed by atoms with Gasteiger partial charge in [-0.1, -0.05) is 27.7 Å². The standard InChI is InChI=1S/C9H4BrCl2N3O3S/c10-5-1-4(11)2-7(15(16)17)8(5)18-3-6-9(12)19-14-13-6/h1-2H,3H2. The molecule has 0 saturated heterocycles. The van der Waals surface area contributed by atoms with Gasteiger partial charge in [-0.15, -0.1) is 5.10 Å². The van der Waals surface area contributed by atoms with E-state index in [4.69, 9.17) is 27.9 Å². The van der Waals surface area contributed by atoms with E-state index >= 15 is 0 Å². The average molecular weight is 385 g/mol. The van der Waals surface area contributed by atoms with Crippen molar-refractivity contribution in [3.8, 4) is 5.75 Å². The molecule has 0 radical (unpaired) electrons. The monoisotopic (exact) mass is 383 g/mol. The molecule has 100 valence electrons. The van der Waals surface area contributed by atoms with E-state index in [0.29, 0.717) is 14.5 Å². The van der Waals surface area contributed by atoms with Crippen LogP contribution in [-0.2, 0) is 6.61 Å². The fraction of sp³-hybridized carbons (Fsp3) is 0.111. The number of nitro groups is 1. The molecule has 0 spiro atoms. The zero-order chi connectivity index (χ0) is 14.0. The van der Waals surface area contributed by atoms with Crippen molar-refractivity contribution in [3.05, 3.63) is 41.8 Å². The number of aromatic nitrogens is 2. The first-order valence-corrected chi connectivity index (χ1v) is 7.04. The first kappa shape index (κ1) is 14.4. The van der Waals surface area contributed by atoms with Crippen LogP contribution in [0.4, 0.5) is 5.69 Å². The second-order valence-corrected chi connectivity index (χ2v) is 5.92. The van der Waals surface area contributed by atoms with Crippen molar-refractivity contribution in [2.45, 2.75) is 6.61 Å². The highest BCUT2D eigenvalue weighted by atomic mass is 79.9. The summed E-state index contributed by atoms with van der Waals surface area (Å²) in [6, 6.07) is 2.72. The summed E-state index contributed by atoms with van der Waals surface area (Å²) in [5.41, 5.74) is 0.182. The molecule has 0 saturated carbocycles. The van der Waals surface area contributed by atoms with Gasteiger partial charge in [0.2, 0.25) is 5.75 Å². The minimum absolute atomic E-state index is 0.0175. The Kier molecular flexibility index (Phi) is 4.56. The van der Waals surface area contributed by atoms with Crippen LogP contribution in [0.5, 0.6) is 5.75 Å². The molecule has 0 fully saturated rings. The molecule has 0 amide bonds. The molecule has 0 aliphatic heterocycles. The maximum atomic E-state index is 10.9. The zero-order valence-electron chi connectivity index (χ0n) is 8.97. The summed E-state index contributed by atoms with van der Waals surface area (Å²) in [7, 11) is 0. The van der Waals surface area contributed by atoms with E-state index in [1.54, 1.807) is 0 Å². The number of halogens is 3. The lowest BCUT2D eigenvalue weighted by molar-refractivity contribution is -0.386. The molecule has 0 unspecified atom stereocenters. The minimum Gasteiger partial charge on any atom is -0.479 e. The molecule has 0 aliphatic rings. The number of hydrogen-bond donors (Lipinski definition) is 0. The topological polar surface area (TPSA) is 78.2 Å². The van der Waals surface area contributed by atoms with Crippen molar-refractivity contribution in [1.82, 2.24) is 9.59 Å². The third-order valence-electron chi connectivity index (χ3n) is 2.05. The summed E-state index contributed by atoms with van der Waals surface area (Å²) < 4.78 is 9.79. The highest BCUT2D eigenvalue weighted by Crippen LogP contribution is 2.38. The SMILES string of the molecule is O=[N+]([O-])c1cc(Cl)cc(Br)c1OCc1nnsc1Cl. The molecule has 1 aromatic carbocycles. The van der Waals surface area contributed by atoms with Gasteiger partial charge in [-0.3, -0.25) is 10.1 Å². The lowest BCUT2D eigenvalue weighted by Gasteiger charge is -2.07. The third kappa shape index (κ3) is 3.33. The molecular weight excluding hydrogens is 381 g/mol. The van der Waals surface area contributed by atoms with Crippen molar-refractivity contribution < 1.29 is 9.66 Å². The molecule has 1 heterocycles. The Morgan fingerprint density at radius 1 is 1.47 bits per heavy atom. The Labute approximate surface area is 129 Å².